The summed E-state index contributed by atoms with van der Waals surface area (Å²) in [6, 6.07) is 0. The fourth-order valence-electron chi connectivity index (χ4n) is 1.59. The first-order valence-electron chi connectivity index (χ1n) is 7.06. The van der Waals surface area contributed by atoms with Gasteiger partial charge in [0.15, 0.2) is 0 Å². The fraction of sp³-hybridized carbons (Fsp3) is 1.00. The lowest BCUT2D eigenvalue weighted by Crippen LogP contribution is -2.20. The van der Waals surface area contributed by atoms with Crippen LogP contribution in [0.4, 0.5) is 0 Å². The summed E-state index contributed by atoms with van der Waals surface area (Å²) in [5, 5.41) is 0. The molecule has 17 heavy (non-hydrogen) atoms. The number of hydrogen-bond acceptors (Lipinski definition) is 2. The molecule has 0 saturated carbocycles. The quantitative estimate of drug-likeness (QED) is 0.659. The Labute approximate surface area is 111 Å². The van der Waals surface area contributed by atoms with E-state index in [-0.39, 0.29) is 7.43 Å². The van der Waals surface area contributed by atoms with Crippen LogP contribution in [0.3, 0.4) is 0 Å². The molecule has 108 valence electrons. The second-order valence-corrected chi connectivity index (χ2v) is 3.96. The van der Waals surface area contributed by atoms with Crippen LogP contribution in [0.1, 0.15) is 67.2 Å². The van der Waals surface area contributed by atoms with Gasteiger partial charge in [0.2, 0.25) is 0 Å². The first kappa shape index (κ1) is 22.1. The smallest absolute Gasteiger partial charge is 0.0462 e. The summed E-state index contributed by atoms with van der Waals surface area (Å²) >= 11 is 0. The summed E-state index contributed by atoms with van der Waals surface area (Å²) in [4.78, 5) is 2.55. The highest BCUT2D eigenvalue weighted by molar-refractivity contribution is 4.65. The van der Waals surface area contributed by atoms with Crippen LogP contribution >= 0.6 is 0 Å². The summed E-state index contributed by atoms with van der Waals surface area (Å²) in [7, 11) is 1.77. The van der Waals surface area contributed by atoms with Crippen LogP contribution < -0.4 is 0 Å². The molecule has 1 fully saturated rings. The van der Waals surface area contributed by atoms with E-state index in [1.54, 1.807) is 7.11 Å². The molecule has 1 aliphatic heterocycles. The van der Waals surface area contributed by atoms with Gasteiger partial charge in [0.25, 0.3) is 0 Å². The molecule has 0 N–H and O–H groups in total. The van der Waals surface area contributed by atoms with E-state index in [0.717, 1.165) is 6.61 Å². The van der Waals surface area contributed by atoms with E-state index in [0.29, 0.717) is 0 Å². The van der Waals surface area contributed by atoms with Gasteiger partial charge in [-0.1, -0.05) is 41.5 Å². The third-order valence-electron chi connectivity index (χ3n) is 2.27. The van der Waals surface area contributed by atoms with E-state index >= 15 is 0 Å². The van der Waals surface area contributed by atoms with Crippen molar-refractivity contribution in [2.45, 2.75) is 67.2 Å². The average Bonchev–Trinajstić information content (AvgIpc) is 2.81. The van der Waals surface area contributed by atoms with E-state index in [9.17, 15) is 0 Å². The second kappa shape index (κ2) is 21.2. The number of rotatable bonds is 5. The topological polar surface area (TPSA) is 12.5 Å². The Kier molecular flexibility index (Phi) is 27.6. The van der Waals surface area contributed by atoms with Crippen molar-refractivity contribution < 1.29 is 4.74 Å². The molecule has 0 aromatic rings. The molecule has 0 unspecified atom stereocenters. The van der Waals surface area contributed by atoms with Crippen molar-refractivity contribution in [1.82, 2.24) is 4.90 Å². The van der Waals surface area contributed by atoms with Crippen molar-refractivity contribution in [1.29, 1.82) is 0 Å². The maximum atomic E-state index is 4.99. The molecule has 0 spiro atoms. The Hall–Kier alpha value is -0.0800. The highest BCUT2D eigenvalue weighted by atomic mass is 16.5. The van der Waals surface area contributed by atoms with Crippen LogP contribution in [0.25, 0.3) is 0 Å². The van der Waals surface area contributed by atoms with Crippen molar-refractivity contribution >= 4 is 0 Å². The first-order chi connectivity index (χ1) is 7.85. The molecule has 2 heteroatoms. The zero-order valence-electron chi connectivity index (χ0n) is 12.2. The van der Waals surface area contributed by atoms with Gasteiger partial charge in [-0.2, -0.15) is 0 Å². The minimum Gasteiger partial charge on any atom is -0.385 e. The van der Waals surface area contributed by atoms with Crippen molar-refractivity contribution in [2.24, 2.45) is 0 Å². The van der Waals surface area contributed by atoms with Crippen LogP contribution in [0.5, 0.6) is 0 Å². The van der Waals surface area contributed by atoms with Gasteiger partial charge in [0, 0.05) is 13.7 Å². The zero-order chi connectivity index (χ0) is 12.6. The zero-order valence-corrected chi connectivity index (χ0v) is 12.2. The average molecular weight is 247 g/mol. The predicted octanol–water partition coefficient (Wildman–Crippen LogP) is 4.59. The van der Waals surface area contributed by atoms with Crippen LogP contribution in [-0.2, 0) is 4.74 Å². The van der Waals surface area contributed by atoms with Gasteiger partial charge < -0.3 is 9.64 Å². The number of nitrogens with zero attached hydrogens (tertiary/aromatic N) is 1. The van der Waals surface area contributed by atoms with Gasteiger partial charge in [-0.15, -0.1) is 0 Å². The third kappa shape index (κ3) is 18.5. The van der Waals surface area contributed by atoms with Crippen LogP contribution in [0.15, 0.2) is 0 Å². The third-order valence-corrected chi connectivity index (χ3v) is 2.27. The molecule has 0 radical (unpaired) electrons. The number of unbranched alkanes of at least 4 members (excludes halogenated alkanes) is 1. The van der Waals surface area contributed by atoms with E-state index in [1.165, 1.54) is 51.7 Å². The molecule has 1 saturated heterocycles. The highest BCUT2D eigenvalue weighted by Gasteiger charge is 2.09. The molecule has 0 amide bonds. The van der Waals surface area contributed by atoms with Gasteiger partial charge in [-0.25, -0.2) is 0 Å². The molecule has 2 nitrogen and oxygen atoms in total. The van der Waals surface area contributed by atoms with E-state index < -0.39 is 0 Å². The number of methoxy groups -OCH3 is 1. The number of ether oxygens (including phenoxy) is 1. The Balaban J connectivity index is -0.000000286. The van der Waals surface area contributed by atoms with Gasteiger partial charge in [0.05, 0.1) is 0 Å². The lowest BCUT2D eigenvalue weighted by molar-refractivity contribution is 0.187. The second-order valence-electron chi connectivity index (χ2n) is 3.96. The van der Waals surface area contributed by atoms with Gasteiger partial charge in [-0.05, 0) is 45.3 Å². The number of likely N-dealkylation sites (tertiary alicyclic amines) is 1. The molecule has 1 aliphatic rings. The molecule has 0 bridgehead atoms. The molecule has 0 atom stereocenters. The first-order valence-corrected chi connectivity index (χ1v) is 7.06. The van der Waals surface area contributed by atoms with E-state index in [2.05, 4.69) is 18.7 Å². The van der Waals surface area contributed by atoms with Crippen molar-refractivity contribution in [3.63, 3.8) is 0 Å². The normalized spacial score (nSPS) is 13.9. The minimum atomic E-state index is 0. The van der Waals surface area contributed by atoms with Crippen LogP contribution in [-0.4, -0.2) is 38.3 Å². The monoisotopic (exact) mass is 247 g/mol. The molecule has 1 heterocycles. The molecule has 1 rings (SSSR count). The number of hydrogen-bond donors (Lipinski definition) is 0. The van der Waals surface area contributed by atoms with Crippen molar-refractivity contribution in [3.8, 4) is 0 Å². The largest absolute Gasteiger partial charge is 0.385 e. The van der Waals surface area contributed by atoms with E-state index in [1.807, 2.05) is 13.8 Å². The molecule has 0 aromatic carbocycles. The van der Waals surface area contributed by atoms with Crippen molar-refractivity contribution in [2.75, 3.05) is 33.4 Å². The predicted molar refractivity (Wildman–Crippen MR) is 80.8 cm³/mol. The van der Waals surface area contributed by atoms with Gasteiger partial charge >= 0.3 is 0 Å². The highest BCUT2D eigenvalue weighted by Crippen LogP contribution is 2.07. The Morgan fingerprint density at radius 3 is 1.88 bits per heavy atom. The minimum absolute atomic E-state index is 0. The van der Waals surface area contributed by atoms with Crippen LogP contribution in [0.2, 0.25) is 0 Å². The summed E-state index contributed by atoms with van der Waals surface area (Å²) in [5.41, 5.74) is 0. The maximum absolute atomic E-state index is 4.99. The Morgan fingerprint density at radius 2 is 1.47 bits per heavy atom. The van der Waals surface area contributed by atoms with E-state index in [4.69, 9.17) is 4.74 Å². The standard InChI is InChI=1S/C9H19NO.C3H8.C2H6.CH4/c1-11-9-5-4-8-10-6-2-3-7-10;1-3-2;1-2;/h2-9H2,1H3;3H2,1-2H3;1-2H3;1H4. The Morgan fingerprint density at radius 1 is 1.00 bits per heavy atom. The lowest BCUT2D eigenvalue weighted by atomic mass is 10.3. The van der Waals surface area contributed by atoms with Gasteiger partial charge in [-0.3, -0.25) is 0 Å². The Bertz CT molecular complexity index is 101. The molecule has 0 aromatic heterocycles. The summed E-state index contributed by atoms with van der Waals surface area (Å²) in [6.45, 7) is 13.1. The fourth-order valence-corrected chi connectivity index (χ4v) is 1.59. The molecular weight excluding hydrogens is 210 g/mol. The summed E-state index contributed by atoms with van der Waals surface area (Å²) in [5.74, 6) is 0. The SMILES string of the molecule is C.CC.CCC.COCCCCN1CCCC1. The molecular formula is C15H37NO. The maximum Gasteiger partial charge on any atom is 0.0462 e. The molecule has 0 aliphatic carbocycles. The van der Waals surface area contributed by atoms with Crippen LogP contribution in [0, 0.1) is 0 Å². The van der Waals surface area contributed by atoms with Gasteiger partial charge in [0.1, 0.15) is 0 Å². The summed E-state index contributed by atoms with van der Waals surface area (Å²) < 4.78 is 4.99. The summed E-state index contributed by atoms with van der Waals surface area (Å²) in [6.07, 6.45) is 6.58. The lowest BCUT2D eigenvalue weighted by Gasteiger charge is -2.13. The van der Waals surface area contributed by atoms with Crippen molar-refractivity contribution in [3.05, 3.63) is 0 Å².